The Labute approximate surface area is 47.7 Å². The Kier molecular flexibility index (Phi) is 2.03. The maximum absolute atomic E-state index is 11.1. The summed E-state index contributed by atoms with van der Waals surface area (Å²) in [5.41, 5.74) is 0. The number of hydrogen-bond acceptors (Lipinski definition) is 2. The number of aliphatic carboxylic acids is 1. The lowest BCUT2D eigenvalue weighted by Gasteiger charge is -2.07. The number of aliphatic hydroxyl groups excluding tert-OH is 1. The second kappa shape index (κ2) is 2.22. The van der Waals surface area contributed by atoms with E-state index in [9.17, 15) is 18.0 Å². The van der Waals surface area contributed by atoms with E-state index in [1.165, 1.54) is 0 Å². The van der Waals surface area contributed by atoms with Crippen molar-refractivity contribution < 1.29 is 28.2 Å². The molecule has 0 fully saturated rings. The monoisotopic (exact) mass is 144 g/mol. The van der Waals surface area contributed by atoms with E-state index in [1.54, 1.807) is 0 Å². The first-order chi connectivity index (χ1) is 3.85. The van der Waals surface area contributed by atoms with Gasteiger partial charge in [0.05, 0.1) is 0 Å². The topological polar surface area (TPSA) is 57.5 Å². The zero-order chi connectivity index (χ0) is 7.65. The van der Waals surface area contributed by atoms with E-state index in [2.05, 4.69) is 0 Å². The van der Waals surface area contributed by atoms with E-state index < -0.39 is 18.2 Å². The molecular weight excluding hydrogens is 141 g/mol. The van der Waals surface area contributed by atoms with Crippen LogP contribution in [0.25, 0.3) is 0 Å². The molecule has 1 atom stereocenters. The maximum atomic E-state index is 11.1. The Morgan fingerprint density at radius 3 is 1.78 bits per heavy atom. The van der Waals surface area contributed by atoms with Crippen LogP contribution in [-0.2, 0) is 4.79 Å². The van der Waals surface area contributed by atoms with Gasteiger partial charge in [-0.15, -0.1) is 0 Å². The molecule has 0 amide bonds. The lowest BCUT2D eigenvalue weighted by atomic mass is 10.4. The Bertz CT molecular complexity index is 118. The summed E-state index contributed by atoms with van der Waals surface area (Å²) in [4.78, 5) is 9.38. The summed E-state index contributed by atoms with van der Waals surface area (Å²) >= 11 is 0. The second-order valence-electron chi connectivity index (χ2n) is 1.28. The van der Waals surface area contributed by atoms with Crippen LogP contribution in [0.4, 0.5) is 13.2 Å². The molecule has 0 aliphatic heterocycles. The van der Waals surface area contributed by atoms with Gasteiger partial charge in [-0.3, -0.25) is 0 Å². The first-order valence-electron chi connectivity index (χ1n) is 1.83. The maximum Gasteiger partial charge on any atom is 0.425 e. The SMILES string of the molecule is O=C(O)C(O)C(F)(F)F. The van der Waals surface area contributed by atoms with Crippen molar-refractivity contribution in [3.05, 3.63) is 0 Å². The van der Waals surface area contributed by atoms with E-state index in [0.717, 1.165) is 0 Å². The van der Waals surface area contributed by atoms with Crippen LogP contribution in [0.1, 0.15) is 0 Å². The predicted molar refractivity (Wildman–Crippen MR) is 19.7 cm³/mol. The molecule has 0 heterocycles. The van der Waals surface area contributed by atoms with Crippen molar-refractivity contribution in [3.63, 3.8) is 0 Å². The van der Waals surface area contributed by atoms with E-state index in [1.807, 2.05) is 0 Å². The van der Waals surface area contributed by atoms with Gasteiger partial charge in [-0.1, -0.05) is 0 Å². The van der Waals surface area contributed by atoms with Crippen molar-refractivity contribution in [2.75, 3.05) is 0 Å². The van der Waals surface area contributed by atoms with Gasteiger partial charge in [0.2, 0.25) is 6.10 Å². The number of aliphatic hydroxyl groups is 1. The minimum Gasteiger partial charge on any atom is -0.479 e. The number of carboxylic acid groups (broad SMARTS) is 1. The van der Waals surface area contributed by atoms with E-state index in [-0.39, 0.29) is 0 Å². The molecule has 0 rings (SSSR count). The first-order valence-corrected chi connectivity index (χ1v) is 1.83. The lowest BCUT2D eigenvalue weighted by molar-refractivity contribution is -0.214. The summed E-state index contributed by atoms with van der Waals surface area (Å²) in [5.74, 6) is -2.29. The molecule has 0 aromatic carbocycles. The normalized spacial score (nSPS) is 15.1. The van der Waals surface area contributed by atoms with Gasteiger partial charge in [-0.25, -0.2) is 4.79 Å². The molecule has 1 unspecified atom stereocenters. The highest BCUT2D eigenvalue weighted by Crippen LogP contribution is 2.19. The number of hydrogen-bond donors (Lipinski definition) is 2. The molecule has 0 saturated carbocycles. The number of rotatable bonds is 1. The molecule has 0 saturated heterocycles. The first kappa shape index (κ1) is 8.22. The summed E-state index contributed by atoms with van der Waals surface area (Å²) in [6, 6.07) is 0. The summed E-state index contributed by atoms with van der Waals surface area (Å²) in [5, 5.41) is 15.3. The molecule has 54 valence electrons. The summed E-state index contributed by atoms with van der Waals surface area (Å²) in [7, 11) is 0. The molecule has 2 N–H and O–H groups in total. The fourth-order valence-electron chi connectivity index (χ4n) is 0.140. The van der Waals surface area contributed by atoms with Crippen molar-refractivity contribution in [1.82, 2.24) is 0 Å². The summed E-state index contributed by atoms with van der Waals surface area (Å²) < 4.78 is 33.2. The second-order valence-corrected chi connectivity index (χ2v) is 1.28. The van der Waals surface area contributed by atoms with E-state index in [4.69, 9.17) is 10.2 Å². The molecule has 0 spiro atoms. The molecule has 0 aliphatic rings. The van der Waals surface area contributed by atoms with Gasteiger partial charge in [0.25, 0.3) is 0 Å². The molecule has 0 radical (unpaired) electrons. The molecule has 0 bridgehead atoms. The van der Waals surface area contributed by atoms with Crippen LogP contribution in [0.3, 0.4) is 0 Å². The van der Waals surface area contributed by atoms with E-state index in [0.29, 0.717) is 0 Å². The molecule has 0 aliphatic carbocycles. The fraction of sp³-hybridized carbons (Fsp3) is 0.667. The van der Waals surface area contributed by atoms with Gasteiger partial charge < -0.3 is 10.2 Å². The quantitative estimate of drug-likeness (QED) is 0.544. The van der Waals surface area contributed by atoms with Crippen molar-refractivity contribution >= 4 is 5.97 Å². The minimum atomic E-state index is -5.06. The van der Waals surface area contributed by atoms with Crippen LogP contribution >= 0.6 is 0 Å². The van der Waals surface area contributed by atoms with Gasteiger partial charge in [-0.2, -0.15) is 13.2 Å². The van der Waals surface area contributed by atoms with Gasteiger partial charge in [0.15, 0.2) is 0 Å². The number of alkyl halides is 3. The Morgan fingerprint density at radius 2 is 1.78 bits per heavy atom. The molecule has 9 heavy (non-hydrogen) atoms. The van der Waals surface area contributed by atoms with Crippen LogP contribution in [0.15, 0.2) is 0 Å². The van der Waals surface area contributed by atoms with Crippen molar-refractivity contribution in [2.45, 2.75) is 12.3 Å². The molecule has 0 aromatic rings. The van der Waals surface area contributed by atoms with Crippen LogP contribution < -0.4 is 0 Å². The van der Waals surface area contributed by atoms with Gasteiger partial charge in [0.1, 0.15) is 0 Å². The highest BCUT2D eigenvalue weighted by molar-refractivity contribution is 5.72. The van der Waals surface area contributed by atoms with Gasteiger partial charge in [-0.05, 0) is 0 Å². The smallest absolute Gasteiger partial charge is 0.425 e. The fourth-order valence-corrected chi connectivity index (χ4v) is 0.140. The minimum absolute atomic E-state index is 2.29. The third-order valence-corrected chi connectivity index (χ3v) is 0.544. The largest absolute Gasteiger partial charge is 0.479 e. The predicted octanol–water partition coefficient (Wildman–Crippen LogP) is -0.00580. The number of carboxylic acids is 1. The summed E-state index contributed by atoms with van der Waals surface area (Å²) in [6.45, 7) is 0. The standard InChI is InChI=1S/C3H3F3O3/c4-3(5,6)1(7)2(8)9/h1,7H,(H,8,9). The third kappa shape index (κ3) is 2.31. The van der Waals surface area contributed by atoms with Crippen LogP contribution in [-0.4, -0.2) is 28.5 Å². The molecule has 6 heteroatoms. The highest BCUT2D eigenvalue weighted by atomic mass is 19.4. The van der Waals surface area contributed by atoms with Crippen molar-refractivity contribution in [2.24, 2.45) is 0 Å². The van der Waals surface area contributed by atoms with Crippen LogP contribution in [0, 0.1) is 0 Å². The molecule has 3 nitrogen and oxygen atoms in total. The van der Waals surface area contributed by atoms with Gasteiger partial charge >= 0.3 is 12.1 Å². The van der Waals surface area contributed by atoms with Gasteiger partial charge in [0, 0.05) is 0 Å². The summed E-state index contributed by atoms with van der Waals surface area (Å²) in [6.07, 6.45) is -8.33. The van der Waals surface area contributed by atoms with Crippen LogP contribution in [0.5, 0.6) is 0 Å². The zero-order valence-electron chi connectivity index (χ0n) is 4.01. The Hall–Kier alpha value is -0.780. The third-order valence-electron chi connectivity index (χ3n) is 0.544. The zero-order valence-corrected chi connectivity index (χ0v) is 4.01. The number of halogens is 3. The number of carbonyl (C=O) groups is 1. The lowest BCUT2D eigenvalue weighted by Crippen LogP contribution is -2.35. The van der Waals surface area contributed by atoms with E-state index >= 15 is 0 Å². The van der Waals surface area contributed by atoms with Crippen molar-refractivity contribution in [3.8, 4) is 0 Å². The molecular formula is C3H3F3O3. The highest BCUT2D eigenvalue weighted by Gasteiger charge is 2.43. The van der Waals surface area contributed by atoms with Crippen LogP contribution in [0.2, 0.25) is 0 Å². The van der Waals surface area contributed by atoms with Crippen molar-refractivity contribution in [1.29, 1.82) is 0 Å². The Morgan fingerprint density at radius 1 is 1.44 bits per heavy atom. The Balaban J connectivity index is 4.04. The molecule has 0 aromatic heterocycles. The average molecular weight is 144 g/mol. The average Bonchev–Trinajstić information content (AvgIpc) is 1.62.